The van der Waals surface area contributed by atoms with E-state index >= 15 is 0 Å². The Bertz CT molecular complexity index is 580. The number of benzene rings is 1. The van der Waals surface area contributed by atoms with Gasteiger partial charge in [-0.1, -0.05) is 51.1 Å². The van der Waals surface area contributed by atoms with Crippen LogP contribution in [0, 0.1) is 11.3 Å². The standard InChI is InChI=1S/C20H30N2O3/c1-20(2,3)19(25)22-11-7-10-16(14-22)18(24)21-13-17(23)12-15-8-5-4-6-9-15/h4-6,8-9,16-17,23H,7,10-14H2,1-3H3,(H,21,24). The van der Waals surface area contributed by atoms with Crippen LogP contribution in [0.15, 0.2) is 30.3 Å². The van der Waals surface area contributed by atoms with Crippen molar-refractivity contribution in [3.63, 3.8) is 0 Å². The third-order valence-corrected chi connectivity index (χ3v) is 4.55. The number of rotatable bonds is 5. The summed E-state index contributed by atoms with van der Waals surface area (Å²) >= 11 is 0. The number of hydrogen-bond donors (Lipinski definition) is 2. The first-order valence-corrected chi connectivity index (χ1v) is 9.06. The van der Waals surface area contributed by atoms with E-state index < -0.39 is 11.5 Å². The van der Waals surface area contributed by atoms with E-state index in [1.165, 1.54) is 0 Å². The molecule has 1 aromatic rings. The molecule has 2 unspecified atom stereocenters. The number of aliphatic hydroxyl groups is 1. The second-order valence-corrected chi connectivity index (χ2v) is 7.93. The molecule has 0 saturated carbocycles. The molecule has 2 rings (SSSR count). The van der Waals surface area contributed by atoms with Gasteiger partial charge in [0, 0.05) is 31.5 Å². The van der Waals surface area contributed by atoms with Gasteiger partial charge >= 0.3 is 0 Å². The molecule has 1 heterocycles. The summed E-state index contributed by atoms with van der Waals surface area (Å²) in [5.41, 5.74) is 0.619. The van der Waals surface area contributed by atoms with Crippen molar-refractivity contribution in [2.75, 3.05) is 19.6 Å². The van der Waals surface area contributed by atoms with E-state index in [9.17, 15) is 14.7 Å². The highest BCUT2D eigenvalue weighted by molar-refractivity contribution is 5.83. The molecule has 0 bridgehead atoms. The first-order chi connectivity index (χ1) is 11.8. The predicted octanol–water partition coefficient (Wildman–Crippen LogP) is 1.99. The van der Waals surface area contributed by atoms with Crippen molar-refractivity contribution in [3.8, 4) is 0 Å². The summed E-state index contributed by atoms with van der Waals surface area (Å²) in [7, 11) is 0. The van der Waals surface area contributed by atoms with Gasteiger partial charge in [0.15, 0.2) is 0 Å². The van der Waals surface area contributed by atoms with E-state index in [1.54, 1.807) is 4.90 Å². The lowest BCUT2D eigenvalue weighted by molar-refractivity contribution is -0.142. The van der Waals surface area contributed by atoms with Gasteiger partial charge in [0.1, 0.15) is 0 Å². The number of carbonyl (C=O) groups is 2. The van der Waals surface area contributed by atoms with E-state index in [2.05, 4.69) is 5.32 Å². The van der Waals surface area contributed by atoms with Crippen molar-refractivity contribution in [3.05, 3.63) is 35.9 Å². The topological polar surface area (TPSA) is 69.6 Å². The fraction of sp³-hybridized carbons (Fsp3) is 0.600. The zero-order valence-electron chi connectivity index (χ0n) is 15.5. The van der Waals surface area contributed by atoms with Crippen molar-refractivity contribution in [1.29, 1.82) is 0 Å². The number of hydrogen-bond acceptors (Lipinski definition) is 3. The Kier molecular flexibility index (Phi) is 6.59. The maximum absolute atomic E-state index is 12.4. The number of likely N-dealkylation sites (tertiary alicyclic amines) is 1. The Balaban J connectivity index is 1.81. The normalized spacial score (nSPS) is 19.4. The molecule has 0 aromatic heterocycles. The van der Waals surface area contributed by atoms with Crippen LogP contribution in [0.1, 0.15) is 39.2 Å². The molecule has 1 aromatic carbocycles. The largest absolute Gasteiger partial charge is 0.391 e. The van der Waals surface area contributed by atoms with Crippen molar-refractivity contribution in [1.82, 2.24) is 10.2 Å². The number of carbonyl (C=O) groups excluding carboxylic acids is 2. The smallest absolute Gasteiger partial charge is 0.227 e. The monoisotopic (exact) mass is 346 g/mol. The SMILES string of the molecule is CC(C)(C)C(=O)N1CCCC(C(=O)NCC(O)Cc2ccccc2)C1. The summed E-state index contributed by atoms with van der Waals surface area (Å²) in [4.78, 5) is 26.6. The van der Waals surface area contributed by atoms with Gasteiger partial charge in [-0.15, -0.1) is 0 Å². The maximum Gasteiger partial charge on any atom is 0.227 e. The molecule has 2 amide bonds. The number of nitrogens with one attached hydrogen (secondary N) is 1. The first-order valence-electron chi connectivity index (χ1n) is 9.06. The molecule has 0 aliphatic carbocycles. The van der Waals surface area contributed by atoms with Gasteiger partial charge in [0.05, 0.1) is 12.0 Å². The number of nitrogens with zero attached hydrogens (tertiary/aromatic N) is 1. The highest BCUT2D eigenvalue weighted by Crippen LogP contribution is 2.23. The fourth-order valence-corrected chi connectivity index (χ4v) is 3.17. The molecular weight excluding hydrogens is 316 g/mol. The van der Waals surface area contributed by atoms with Crippen molar-refractivity contribution < 1.29 is 14.7 Å². The summed E-state index contributed by atoms with van der Waals surface area (Å²) in [6.45, 7) is 7.13. The van der Waals surface area contributed by atoms with Crippen LogP contribution in [-0.4, -0.2) is 47.6 Å². The minimum absolute atomic E-state index is 0.0708. The third-order valence-electron chi connectivity index (χ3n) is 4.55. The van der Waals surface area contributed by atoms with Crippen molar-refractivity contribution in [2.24, 2.45) is 11.3 Å². The highest BCUT2D eigenvalue weighted by Gasteiger charge is 2.33. The molecule has 5 heteroatoms. The molecule has 1 aliphatic heterocycles. The predicted molar refractivity (Wildman–Crippen MR) is 97.9 cm³/mol. The summed E-state index contributed by atoms with van der Waals surface area (Å²) in [6, 6.07) is 9.72. The van der Waals surface area contributed by atoms with E-state index in [0.29, 0.717) is 13.0 Å². The van der Waals surface area contributed by atoms with E-state index in [1.807, 2.05) is 51.1 Å². The van der Waals surface area contributed by atoms with Gasteiger partial charge in [-0.3, -0.25) is 9.59 Å². The summed E-state index contributed by atoms with van der Waals surface area (Å²) in [5.74, 6) is -0.170. The number of amides is 2. The second kappa shape index (κ2) is 8.48. The molecule has 1 fully saturated rings. The quantitative estimate of drug-likeness (QED) is 0.857. The van der Waals surface area contributed by atoms with Crippen LogP contribution < -0.4 is 5.32 Å². The van der Waals surface area contributed by atoms with Gasteiger partial charge in [0.25, 0.3) is 0 Å². The summed E-state index contributed by atoms with van der Waals surface area (Å²) in [5, 5.41) is 13.0. The minimum Gasteiger partial charge on any atom is -0.391 e. The lowest BCUT2D eigenvalue weighted by atomic mass is 9.91. The van der Waals surface area contributed by atoms with E-state index in [-0.39, 0.29) is 24.3 Å². The highest BCUT2D eigenvalue weighted by atomic mass is 16.3. The molecule has 1 saturated heterocycles. The molecular formula is C20H30N2O3. The molecule has 2 atom stereocenters. The van der Waals surface area contributed by atoms with Crippen LogP contribution in [0.4, 0.5) is 0 Å². The van der Waals surface area contributed by atoms with E-state index in [0.717, 1.165) is 24.9 Å². The van der Waals surface area contributed by atoms with Gasteiger partial charge < -0.3 is 15.3 Å². The lowest BCUT2D eigenvalue weighted by Gasteiger charge is -2.36. The average Bonchev–Trinajstić information content (AvgIpc) is 2.59. The van der Waals surface area contributed by atoms with Crippen molar-refractivity contribution in [2.45, 2.75) is 46.1 Å². The zero-order chi connectivity index (χ0) is 18.4. The minimum atomic E-state index is -0.609. The summed E-state index contributed by atoms with van der Waals surface area (Å²) < 4.78 is 0. The van der Waals surface area contributed by atoms with Crippen LogP contribution >= 0.6 is 0 Å². The number of piperidine rings is 1. The molecule has 25 heavy (non-hydrogen) atoms. The van der Waals surface area contributed by atoms with Crippen LogP contribution in [0.5, 0.6) is 0 Å². The average molecular weight is 346 g/mol. The Morgan fingerprint density at radius 2 is 1.96 bits per heavy atom. The second-order valence-electron chi connectivity index (χ2n) is 7.93. The Morgan fingerprint density at radius 1 is 1.28 bits per heavy atom. The molecule has 2 N–H and O–H groups in total. The molecule has 138 valence electrons. The van der Waals surface area contributed by atoms with E-state index in [4.69, 9.17) is 0 Å². The van der Waals surface area contributed by atoms with Crippen molar-refractivity contribution >= 4 is 11.8 Å². The molecule has 1 aliphatic rings. The Labute approximate surface area is 150 Å². The fourth-order valence-electron chi connectivity index (χ4n) is 3.17. The molecule has 5 nitrogen and oxygen atoms in total. The van der Waals surface area contributed by atoms with Crippen LogP contribution in [-0.2, 0) is 16.0 Å². The van der Waals surface area contributed by atoms with Crippen LogP contribution in [0.3, 0.4) is 0 Å². The van der Waals surface area contributed by atoms with Crippen LogP contribution in [0.2, 0.25) is 0 Å². The van der Waals surface area contributed by atoms with Crippen LogP contribution in [0.25, 0.3) is 0 Å². The first kappa shape index (κ1) is 19.4. The van der Waals surface area contributed by atoms with Gasteiger partial charge in [0.2, 0.25) is 11.8 Å². The third kappa shape index (κ3) is 5.85. The Hall–Kier alpha value is -1.88. The maximum atomic E-state index is 12.4. The lowest BCUT2D eigenvalue weighted by Crippen LogP contribution is -2.49. The summed E-state index contributed by atoms with van der Waals surface area (Å²) in [6.07, 6.45) is 1.53. The molecule has 0 spiro atoms. The van der Waals surface area contributed by atoms with Gasteiger partial charge in [-0.05, 0) is 18.4 Å². The Morgan fingerprint density at radius 3 is 2.60 bits per heavy atom. The van der Waals surface area contributed by atoms with Gasteiger partial charge in [-0.2, -0.15) is 0 Å². The van der Waals surface area contributed by atoms with Gasteiger partial charge in [-0.25, -0.2) is 0 Å². The number of aliphatic hydroxyl groups excluding tert-OH is 1. The molecule has 0 radical (unpaired) electrons. The zero-order valence-corrected chi connectivity index (χ0v) is 15.5.